The van der Waals surface area contributed by atoms with Gasteiger partial charge >= 0.3 is 0 Å². The number of benzene rings is 1. The number of rotatable bonds is 5. The Labute approximate surface area is 116 Å². The predicted molar refractivity (Wildman–Crippen MR) is 76.3 cm³/mol. The van der Waals surface area contributed by atoms with Gasteiger partial charge in [-0.1, -0.05) is 6.07 Å². The van der Waals surface area contributed by atoms with Crippen molar-refractivity contribution in [1.82, 2.24) is 4.98 Å². The zero-order valence-corrected chi connectivity index (χ0v) is 11.3. The molecule has 0 fully saturated rings. The number of nitro benzene ring substituents is 1. The summed E-state index contributed by atoms with van der Waals surface area (Å²) in [7, 11) is 0. The Hall–Kier alpha value is -2.63. The second kappa shape index (κ2) is 6.01. The number of nitro groups is 1. The lowest BCUT2D eigenvalue weighted by Crippen LogP contribution is -1.99. The van der Waals surface area contributed by atoms with Gasteiger partial charge in [0.25, 0.3) is 5.69 Å². The summed E-state index contributed by atoms with van der Waals surface area (Å²) in [6, 6.07) is 8.22. The van der Waals surface area contributed by atoms with E-state index < -0.39 is 4.92 Å². The van der Waals surface area contributed by atoms with Crippen LogP contribution < -0.4 is 10.1 Å². The van der Waals surface area contributed by atoms with Gasteiger partial charge in [0.05, 0.1) is 10.5 Å². The molecular formula is C14H15N3O3. The molecule has 104 valence electrons. The maximum absolute atomic E-state index is 10.9. The fourth-order valence-corrected chi connectivity index (χ4v) is 1.79. The highest BCUT2D eigenvalue weighted by molar-refractivity contribution is 5.50. The Balaban J connectivity index is 2.28. The van der Waals surface area contributed by atoms with Crippen molar-refractivity contribution < 1.29 is 9.66 Å². The Morgan fingerprint density at radius 1 is 1.40 bits per heavy atom. The Bertz CT molecular complexity index is 629. The number of anilines is 1. The minimum atomic E-state index is -0.418. The van der Waals surface area contributed by atoms with E-state index in [0.717, 1.165) is 6.54 Å². The SMILES string of the molecule is CCNc1cc(Oc2cccc([N+](=O)[O-])c2C)ccn1. The van der Waals surface area contributed by atoms with Crippen LogP contribution in [0.5, 0.6) is 11.5 Å². The number of hydrogen-bond donors (Lipinski definition) is 1. The van der Waals surface area contributed by atoms with Gasteiger partial charge in [-0.3, -0.25) is 10.1 Å². The number of ether oxygens (including phenoxy) is 1. The third kappa shape index (κ3) is 3.03. The lowest BCUT2D eigenvalue weighted by atomic mass is 10.2. The second-order valence-electron chi connectivity index (χ2n) is 4.17. The van der Waals surface area contributed by atoms with Crippen molar-refractivity contribution >= 4 is 11.5 Å². The van der Waals surface area contributed by atoms with Crippen molar-refractivity contribution in [2.45, 2.75) is 13.8 Å². The summed E-state index contributed by atoms with van der Waals surface area (Å²) >= 11 is 0. The number of nitrogens with zero attached hydrogens (tertiary/aromatic N) is 2. The van der Waals surface area contributed by atoms with E-state index in [9.17, 15) is 10.1 Å². The second-order valence-corrected chi connectivity index (χ2v) is 4.17. The van der Waals surface area contributed by atoms with Crippen LogP contribution in [0.2, 0.25) is 0 Å². The van der Waals surface area contributed by atoms with Crippen molar-refractivity contribution in [3.8, 4) is 11.5 Å². The predicted octanol–water partition coefficient (Wildman–Crippen LogP) is 3.52. The molecule has 20 heavy (non-hydrogen) atoms. The van der Waals surface area contributed by atoms with Crippen LogP contribution in [-0.4, -0.2) is 16.5 Å². The third-order valence-electron chi connectivity index (χ3n) is 2.77. The number of nitrogens with one attached hydrogen (secondary N) is 1. The van der Waals surface area contributed by atoms with Crippen LogP contribution in [0.1, 0.15) is 12.5 Å². The van der Waals surface area contributed by atoms with Gasteiger partial charge in [-0.05, 0) is 26.0 Å². The molecule has 0 aliphatic carbocycles. The monoisotopic (exact) mass is 273 g/mol. The van der Waals surface area contributed by atoms with E-state index >= 15 is 0 Å². The van der Waals surface area contributed by atoms with Gasteiger partial charge in [0.2, 0.25) is 0 Å². The molecule has 0 radical (unpaired) electrons. The summed E-state index contributed by atoms with van der Waals surface area (Å²) in [4.78, 5) is 14.6. The maximum atomic E-state index is 10.9. The highest BCUT2D eigenvalue weighted by Crippen LogP contribution is 2.31. The average Bonchev–Trinajstić information content (AvgIpc) is 2.42. The molecule has 1 N–H and O–H groups in total. The van der Waals surface area contributed by atoms with Gasteiger partial charge in [0.15, 0.2) is 0 Å². The molecule has 1 aromatic carbocycles. The fraction of sp³-hybridized carbons (Fsp3) is 0.214. The minimum absolute atomic E-state index is 0.0449. The van der Waals surface area contributed by atoms with E-state index in [0.29, 0.717) is 22.9 Å². The summed E-state index contributed by atoms with van der Waals surface area (Å²) in [5.41, 5.74) is 0.544. The molecule has 1 heterocycles. The lowest BCUT2D eigenvalue weighted by Gasteiger charge is -2.10. The van der Waals surface area contributed by atoms with E-state index in [-0.39, 0.29) is 5.69 Å². The topological polar surface area (TPSA) is 77.3 Å². The lowest BCUT2D eigenvalue weighted by molar-refractivity contribution is -0.385. The molecule has 0 amide bonds. The standard InChI is InChI=1S/C14H15N3O3/c1-3-15-14-9-11(7-8-16-14)20-13-6-4-5-12(10(13)2)17(18)19/h4-9H,3H2,1-2H3,(H,15,16). The van der Waals surface area contributed by atoms with Crippen LogP contribution in [0.25, 0.3) is 0 Å². The molecule has 2 rings (SSSR count). The van der Waals surface area contributed by atoms with Gasteiger partial charge in [0, 0.05) is 24.9 Å². The van der Waals surface area contributed by atoms with Gasteiger partial charge < -0.3 is 10.1 Å². The minimum Gasteiger partial charge on any atom is -0.457 e. The molecule has 0 aliphatic rings. The van der Waals surface area contributed by atoms with Crippen molar-refractivity contribution in [2.24, 2.45) is 0 Å². The third-order valence-corrected chi connectivity index (χ3v) is 2.77. The van der Waals surface area contributed by atoms with Crippen LogP contribution in [-0.2, 0) is 0 Å². The normalized spacial score (nSPS) is 10.1. The van der Waals surface area contributed by atoms with E-state index in [1.807, 2.05) is 6.92 Å². The molecule has 1 aromatic heterocycles. The smallest absolute Gasteiger partial charge is 0.276 e. The van der Waals surface area contributed by atoms with Crippen LogP contribution in [0, 0.1) is 17.0 Å². The van der Waals surface area contributed by atoms with E-state index in [4.69, 9.17) is 4.74 Å². The molecule has 0 bridgehead atoms. The number of hydrogen-bond acceptors (Lipinski definition) is 5. The summed E-state index contributed by atoms with van der Waals surface area (Å²) in [5.74, 6) is 1.75. The zero-order chi connectivity index (χ0) is 14.5. The van der Waals surface area contributed by atoms with E-state index in [2.05, 4.69) is 10.3 Å². The Morgan fingerprint density at radius 3 is 2.90 bits per heavy atom. The molecule has 6 nitrogen and oxygen atoms in total. The molecule has 6 heteroatoms. The van der Waals surface area contributed by atoms with Crippen molar-refractivity contribution in [1.29, 1.82) is 0 Å². The Kier molecular flexibility index (Phi) is 4.14. The first kappa shape index (κ1) is 13.8. The van der Waals surface area contributed by atoms with Crippen LogP contribution >= 0.6 is 0 Å². The largest absolute Gasteiger partial charge is 0.457 e. The summed E-state index contributed by atoms with van der Waals surface area (Å²) in [6.07, 6.45) is 1.63. The molecule has 0 aliphatic heterocycles. The molecule has 0 unspecified atom stereocenters. The fourth-order valence-electron chi connectivity index (χ4n) is 1.79. The first-order chi connectivity index (χ1) is 9.61. The molecule has 0 saturated heterocycles. The van der Waals surface area contributed by atoms with Gasteiger partial charge in [0.1, 0.15) is 17.3 Å². The highest BCUT2D eigenvalue weighted by Gasteiger charge is 2.14. The van der Waals surface area contributed by atoms with Crippen LogP contribution in [0.15, 0.2) is 36.5 Å². The zero-order valence-electron chi connectivity index (χ0n) is 11.3. The van der Waals surface area contributed by atoms with Crippen LogP contribution in [0.3, 0.4) is 0 Å². The summed E-state index contributed by atoms with van der Waals surface area (Å²) in [5, 5.41) is 14.0. The quantitative estimate of drug-likeness (QED) is 0.666. The van der Waals surface area contributed by atoms with Gasteiger partial charge in [-0.15, -0.1) is 0 Å². The molecular weight excluding hydrogens is 258 g/mol. The molecule has 0 saturated carbocycles. The van der Waals surface area contributed by atoms with Crippen LogP contribution in [0.4, 0.5) is 11.5 Å². The van der Waals surface area contributed by atoms with E-state index in [1.54, 1.807) is 37.4 Å². The number of aromatic nitrogens is 1. The Morgan fingerprint density at radius 2 is 2.20 bits per heavy atom. The molecule has 2 aromatic rings. The molecule has 0 atom stereocenters. The first-order valence-electron chi connectivity index (χ1n) is 6.23. The van der Waals surface area contributed by atoms with Crippen molar-refractivity contribution in [3.63, 3.8) is 0 Å². The first-order valence-corrected chi connectivity index (χ1v) is 6.23. The summed E-state index contributed by atoms with van der Waals surface area (Å²) < 4.78 is 5.70. The highest BCUT2D eigenvalue weighted by atomic mass is 16.6. The van der Waals surface area contributed by atoms with Gasteiger partial charge in [-0.2, -0.15) is 0 Å². The van der Waals surface area contributed by atoms with E-state index in [1.165, 1.54) is 6.07 Å². The van der Waals surface area contributed by atoms with Crippen molar-refractivity contribution in [3.05, 3.63) is 52.2 Å². The number of pyridine rings is 1. The maximum Gasteiger partial charge on any atom is 0.276 e. The summed E-state index contributed by atoms with van der Waals surface area (Å²) in [6.45, 7) is 4.39. The van der Waals surface area contributed by atoms with Gasteiger partial charge in [-0.25, -0.2) is 4.98 Å². The molecule has 0 spiro atoms. The average molecular weight is 273 g/mol. The van der Waals surface area contributed by atoms with Crippen molar-refractivity contribution in [2.75, 3.05) is 11.9 Å².